The Balaban J connectivity index is 1.79. The SMILES string of the molecule is Cc1c(C(=O)NC[C@H](c2ccc(N(C)C)cc2)[NH+]2CC[NH+](C)CC2)cccc1[N+](=O)[O-]. The van der Waals surface area contributed by atoms with Crippen molar-refractivity contribution in [1.29, 1.82) is 0 Å². The van der Waals surface area contributed by atoms with Gasteiger partial charge in [-0.2, -0.15) is 0 Å². The first-order chi connectivity index (χ1) is 14.8. The van der Waals surface area contributed by atoms with E-state index in [0.717, 1.165) is 31.9 Å². The molecule has 1 heterocycles. The van der Waals surface area contributed by atoms with E-state index in [1.807, 2.05) is 14.1 Å². The quantitative estimate of drug-likeness (QED) is 0.424. The van der Waals surface area contributed by atoms with E-state index in [2.05, 4.69) is 41.5 Å². The van der Waals surface area contributed by atoms with Gasteiger partial charge in [-0.05, 0) is 25.1 Å². The zero-order valence-electron chi connectivity index (χ0n) is 18.8. The number of carbonyl (C=O) groups is 1. The van der Waals surface area contributed by atoms with Gasteiger partial charge in [-0.15, -0.1) is 0 Å². The van der Waals surface area contributed by atoms with Crippen LogP contribution in [0.1, 0.15) is 27.5 Å². The van der Waals surface area contributed by atoms with Crippen LogP contribution in [0.15, 0.2) is 42.5 Å². The van der Waals surface area contributed by atoms with Crippen LogP contribution >= 0.6 is 0 Å². The van der Waals surface area contributed by atoms with E-state index in [-0.39, 0.29) is 17.6 Å². The third-order valence-corrected chi connectivity index (χ3v) is 6.26. The highest BCUT2D eigenvalue weighted by atomic mass is 16.6. The summed E-state index contributed by atoms with van der Waals surface area (Å²) in [5, 5.41) is 14.3. The highest BCUT2D eigenvalue weighted by Crippen LogP contribution is 2.21. The lowest BCUT2D eigenvalue weighted by Gasteiger charge is -2.33. The van der Waals surface area contributed by atoms with E-state index < -0.39 is 4.92 Å². The Morgan fingerprint density at radius 3 is 2.35 bits per heavy atom. The third-order valence-electron chi connectivity index (χ3n) is 6.26. The number of nitro benzene ring substituents is 1. The number of anilines is 1. The normalized spacial score (nSPS) is 19.5. The molecule has 0 radical (unpaired) electrons. The number of likely N-dealkylation sites (N-methyl/N-ethyl adjacent to an activating group) is 1. The van der Waals surface area contributed by atoms with Crippen molar-refractivity contribution in [2.75, 3.05) is 58.8 Å². The fraction of sp³-hybridized carbons (Fsp3) is 0.435. The largest absolute Gasteiger partial charge is 0.378 e. The molecule has 8 heteroatoms. The second-order valence-corrected chi connectivity index (χ2v) is 8.57. The van der Waals surface area contributed by atoms with Gasteiger partial charge in [0, 0.05) is 42.5 Å². The number of nitrogens with zero attached hydrogens (tertiary/aromatic N) is 2. The standard InChI is InChI=1S/C23H31N5O3/c1-17-20(6-5-7-21(17)28(30)31)23(29)24-16-22(27-14-12-26(4)13-15-27)18-8-10-19(11-9-18)25(2)3/h5-11,22H,12-16H2,1-4H3,(H,24,29)/p+2/t22-/m1/s1. The summed E-state index contributed by atoms with van der Waals surface area (Å²) in [6.45, 7) is 6.38. The summed E-state index contributed by atoms with van der Waals surface area (Å²) >= 11 is 0. The molecule has 3 N–H and O–H groups in total. The number of nitrogens with one attached hydrogen (secondary N) is 3. The van der Waals surface area contributed by atoms with Gasteiger partial charge in [0.2, 0.25) is 0 Å². The fourth-order valence-corrected chi connectivity index (χ4v) is 4.21. The van der Waals surface area contributed by atoms with Gasteiger partial charge in [-0.3, -0.25) is 14.9 Å². The minimum absolute atomic E-state index is 0.0313. The predicted molar refractivity (Wildman–Crippen MR) is 121 cm³/mol. The van der Waals surface area contributed by atoms with E-state index in [1.165, 1.54) is 21.4 Å². The van der Waals surface area contributed by atoms with Gasteiger partial charge in [0.05, 0.1) is 18.5 Å². The monoisotopic (exact) mass is 427 g/mol. The number of nitro groups is 1. The number of amides is 1. The van der Waals surface area contributed by atoms with E-state index in [4.69, 9.17) is 0 Å². The molecule has 3 rings (SSSR count). The molecule has 1 aliphatic rings. The van der Waals surface area contributed by atoms with Gasteiger partial charge in [0.15, 0.2) is 0 Å². The highest BCUT2D eigenvalue weighted by Gasteiger charge is 2.30. The van der Waals surface area contributed by atoms with Gasteiger partial charge in [0.1, 0.15) is 32.2 Å². The summed E-state index contributed by atoms with van der Waals surface area (Å²) < 4.78 is 0. The molecule has 0 bridgehead atoms. The van der Waals surface area contributed by atoms with Crippen LogP contribution in [0.5, 0.6) is 0 Å². The molecule has 2 aromatic carbocycles. The van der Waals surface area contributed by atoms with Crippen LogP contribution in [0.2, 0.25) is 0 Å². The van der Waals surface area contributed by atoms with Crippen molar-refractivity contribution >= 4 is 17.3 Å². The molecular formula is C23H33N5O3+2. The highest BCUT2D eigenvalue weighted by molar-refractivity contribution is 5.96. The Morgan fingerprint density at radius 2 is 1.77 bits per heavy atom. The van der Waals surface area contributed by atoms with Crippen molar-refractivity contribution in [3.05, 3.63) is 69.3 Å². The summed E-state index contributed by atoms with van der Waals surface area (Å²) in [5.74, 6) is -0.268. The van der Waals surface area contributed by atoms with Gasteiger partial charge in [-0.1, -0.05) is 18.2 Å². The molecule has 8 nitrogen and oxygen atoms in total. The fourth-order valence-electron chi connectivity index (χ4n) is 4.21. The lowest BCUT2D eigenvalue weighted by Crippen LogP contribution is -3.27. The number of piperazine rings is 1. The molecule has 0 spiro atoms. The molecule has 31 heavy (non-hydrogen) atoms. The zero-order valence-corrected chi connectivity index (χ0v) is 18.8. The molecule has 1 amide bonds. The lowest BCUT2D eigenvalue weighted by atomic mass is 10.0. The summed E-state index contributed by atoms with van der Waals surface area (Å²) in [6, 6.07) is 13.3. The van der Waals surface area contributed by atoms with Crippen LogP contribution in [0.3, 0.4) is 0 Å². The molecule has 1 atom stereocenters. The molecule has 0 saturated carbocycles. The molecular weight excluding hydrogens is 394 g/mol. The number of hydrogen-bond acceptors (Lipinski definition) is 4. The minimum Gasteiger partial charge on any atom is -0.378 e. The van der Waals surface area contributed by atoms with Crippen molar-refractivity contribution in [2.45, 2.75) is 13.0 Å². The third kappa shape index (κ3) is 5.39. The van der Waals surface area contributed by atoms with Crippen LogP contribution in [-0.4, -0.2) is 64.7 Å². The van der Waals surface area contributed by atoms with E-state index in [0.29, 0.717) is 17.7 Å². The number of quaternary nitrogens is 2. The van der Waals surface area contributed by atoms with Crippen molar-refractivity contribution < 1.29 is 19.5 Å². The lowest BCUT2D eigenvalue weighted by molar-refractivity contribution is -1.02. The van der Waals surface area contributed by atoms with Crippen LogP contribution in [-0.2, 0) is 0 Å². The van der Waals surface area contributed by atoms with Crippen molar-refractivity contribution in [2.24, 2.45) is 0 Å². The van der Waals surface area contributed by atoms with Crippen LogP contribution in [0, 0.1) is 17.0 Å². The molecule has 2 aromatic rings. The molecule has 166 valence electrons. The maximum atomic E-state index is 12.9. The predicted octanol–water partition coefficient (Wildman–Crippen LogP) is -0.146. The smallest absolute Gasteiger partial charge is 0.273 e. The van der Waals surface area contributed by atoms with Crippen molar-refractivity contribution in [1.82, 2.24) is 5.32 Å². The van der Waals surface area contributed by atoms with Gasteiger partial charge >= 0.3 is 0 Å². The average molecular weight is 428 g/mol. The van der Waals surface area contributed by atoms with E-state index in [1.54, 1.807) is 19.1 Å². The summed E-state index contributed by atoms with van der Waals surface area (Å²) in [6.07, 6.45) is 0. The van der Waals surface area contributed by atoms with Crippen molar-refractivity contribution in [3.63, 3.8) is 0 Å². The van der Waals surface area contributed by atoms with Crippen molar-refractivity contribution in [3.8, 4) is 0 Å². The van der Waals surface area contributed by atoms with Gasteiger partial charge in [0.25, 0.3) is 11.6 Å². The minimum atomic E-state index is -0.446. The van der Waals surface area contributed by atoms with E-state index in [9.17, 15) is 14.9 Å². The Morgan fingerprint density at radius 1 is 1.13 bits per heavy atom. The van der Waals surface area contributed by atoms with Gasteiger partial charge in [-0.25, -0.2) is 0 Å². The second-order valence-electron chi connectivity index (χ2n) is 8.57. The molecule has 1 saturated heterocycles. The molecule has 0 aromatic heterocycles. The Bertz CT molecular complexity index is 921. The Labute approximate surface area is 183 Å². The first-order valence-electron chi connectivity index (χ1n) is 10.7. The number of hydrogen-bond donors (Lipinski definition) is 3. The topological polar surface area (TPSA) is 84.4 Å². The van der Waals surface area contributed by atoms with E-state index >= 15 is 0 Å². The maximum absolute atomic E-state index is 12.9. The summed E-state index contributed by atoms with van der Waals surface area (Å²) in [4.78, 5) is 28.7. The Hall–Kier alpha value is -2.97. The summed E-state index contributed by atoms with van der Waals surface area (Å²) in [5.41, 5.74) is 3.05. The molecule has 0 unspecified atom stereocenters. The number of benzene rings is 2. The second kappa shape index (κ2) is 9.89. The van der Waals surface area contributed by atoms with Crippen LogP contribution in [0.4, 0.5) is 11.4 Å². The molecule has 0 aliphatic carbocycles. The van der Waals surface area contributed by atoms with Crippen LogP contribution in [0.25, 0.3) is 0 Å². The first kappa shape index (κ1) is 22.7. The Kier molecular flexibility index (Phi) is 7.25. The average Bonchev–Trinajstić information content (AvgIpc) is 2.75. The molecule has 1 fully saturated rings. The number of rotatable bonds is 7. The summed E-state index contributed by atoms with van der Waals surface area (Å²) in [7, 11) is 6.25. The first-order valence-corrected chi connectivity index (χ1v) is 10.7. The van der Waals surface area contributed by atoms with Gasteiger partial charge < -0.3 is 20.0 Å². The number of carbonyl (C=O) groups excluding carboxylic acids is 1. The maximum Gasteiger partial charge on any atom is 0.273 e. The zero-order chi connectivity index (χ0) is 22.5. The van der Waals surface area contributed by atoms with Crippen LogP contribution < -0.4 is 20.0 Å². The molecule has 1 aliphatic heterocycles.